The monoisotopic (exact) mass is 292 g/mol. The predicted octanol–water partition coefficient (Wildman–Crippen LogP) is 2.32. The number of methoxy groups -OCH3 is 1. The zero-order valence-corrected chi connectivity index (χ0v) is 13.1. The van der Waals surface area contributed by atoms with Crippen molar-refractivity contribution in [1.82, 2.24) is 5.32 Å². The van der Waals surface area contributed by atoms with Crippen molar-refractivity contribution in [2.45, 2.75) is 39.8 Å². The van der Waals surface area contributed by atoms with Crippen molar-refractivity contribution in [1.29, 1.82) is 0 Å². The topological polar surface area (TPSA) is 67.4 Å². The van der Waals surface area contributed by atoms with E-state index in [1.54, 1.807) is 0 Å². The van der Waals surface area contributed by atoms with Crippen LogP contribution < -0.4 is 10.6 Å². The van der Waals surface area contributed by atoms with Crippen LogP contribution in [0.5, 0.6) is 0 Å². The molecule has 21 heavy (non-hydrogen) atoms. The number of carbonyl (C=O) groups is 2. The van der Waals surface area contributed by atoms with Gasteiger partial charge in [-0.1, -0.05) is 32.4 Å². The standard InChI is InChI=1S/C16H24N2O3/c1-5-11(2)15(16(20)21-4)17-10-13-6-8-14(9-7-13)18-12(3)19/h6-9,11,15,17H,5,10H2,1-4H3,(H,18,19). The lowest BCUT2D eigenvalue weighted by molar-refractivity contribution is -0.144. The summed E-state index contributed by atoms with van der Waals surface area (Å²) in [5.74, 6) is -0.126. The molecule has 0 heterocycles. The normalized spacial score (nSPS) is 13.3. The van der Waals surface area contributed by atoms with Crippen molar-refractivity contribution in [3.8, 4) is 0 Å². The molecule has 1 amide bonds. The number of hydrogen-bond acceptors (Lipinski definition) is 4. The Bertz CT molecular complexity index is 471. The van der Waals surface area contributed by atoms with Crippen LogP contribution in [0.15, 0.2) is 24.3 Å². The van der Waals surface area contributed by atoms with Gasteiger partial charge in [-0.2, -0.15) is 0 Å². The molecule has 1 aromatic carbocycles. The van der Waals surface area contributed by atoms with E-state index >= 15 is 0 Å². The van der Waals surface area contributed by atoms with Gasteiger partial charge in [-0.3, -0.25) is 9.59 Å². The summed E-state index contributed by atoms with van der Waals surface area (Å²) in [4.78, 5) is 22.7. The molecule has 0 aromatic heterocycles. The predicted molar refractivity (Wildman–Crippen MR) is 82.8 cm³/mol. The van der Waals surface area contributed by atoms with E-state index in [4.69, 9.17) is 4.74 Å². The second-order valence-corrected chi connectivity index (χ2v) is 5.15. The average Bonchev–Trinajstić information content (AvgIpc) is 2.47. The summed E-state index contributed by atoms with van der Waals surface area (Å²) in [6.45, 7) is 6.12. The molecule has 5 nitrogen and oxygen atoms in total. The highest BCUT2D eigenvalue weighted by Crippen LogP contribution is 2.12. The minimum absolute atomic E-state index is 0.0941. The van der Waals surface area contributed by atoms with Crippen LogP contribution in [0.25, 0.3) is 0 Å². The second kappa shape index (κ2) is 8.42. The largest absolute Gasteiger partial charge is 0.468 e. The Hall–Kier alpha value is -1.88. The molecule has 0 saturated heterocycles. The Morgan fingerprint density at radius 3 is 2.33 bits per heavy atom. The van der Waals surface area contributed by atoms with Crippen molar-refractivity contribution >= 4 is 17.6 Å². The van der Waals surface area contributed by atoms with E-state index < -0.39 is 0 Å². The highest BCUT2D eigenvalue weighted by Gasteiger charge is 2.23. The Morgan fingerprint density at radius 1 is 1.24 bits per heavy atom. The number of benzene rings is 1. The molecule has 5 heteroatoms. The van der Waals surface area contributed by atoms with Gasteiger partial charge in [-0.05, 0) is 23.6 Å². The molecule has 0 aliphatic rings. The van der Waals surface area contributed by atoms with E-state index in [0.717, 1.165) is 17.7 Å². The van der Waals surface area contributed by atoms with E-state index in [0.29, 0.717) is 6.54 Å². The lowest BCUT2D eigenvalue weighted by Crippen LogP contribution is -2.42. The van der Waals surface area contributed by atoms with Gasteiger partial charge in [-0.15, -0.1) is 0 Å². The maximum atomic E-state index is 11.8. The lowest BCUT2D eigenvalue weighted by Gasteiger charge is -2.22. The van der Waals surface area contributed by atoms with Crippen LogP contribution in [0.3, 0.4) is 0 Å². The molecule has 0 saturated carbocycles. The molecular formula is C16H24N2O3. The van der Waals surface area contributed by atoms with Gasteiger partial charge in [0, 0.05) is 19.2 Å². The van der Waals surface area contributed by atoms with Gasteiger partial charge in [0.1, 0.15) is 6.04 Å². The fourth-order valence-corrected chi connectivity index (χ4v) is 2.02. The van der Waals surface area contributed by atoms with E-state index in [-0.39, 0.29) is 23.8 Å². The van der Waals surface area contributed by atoms with Gasteiger partial charge >= 0.3 is 5.97 Å². The van der Waals surface area contributed by atoms with E-state index in [1.807, 2.05) is 38.1 Å². The Labute approximate surface area is 126 Å². The van der Waals surface area contributed by atoms with E-state index in [9.17, 15) is 9.59 Å². The third kappa shape index (κ3) is 5.55. The number of rotatable bonds is 7. The van der Waals surface area contributed by atoms with E-state index in [1.165, 1.54) is 14.0 Å². The number of ether oxygens (including phenoxy) is 1. The van der Waals surface area contributed by atoms with Crippen LogP contribution in [-0.2, 0) is 20.9 Å². The first kappa shape index (κ1) is 17.2. The molecule has 0 radical (unpaired) electrons. The fourth-order valence-electron chi connectivity index (χ4n) is 2.02. The molecule has 0 spiro atoms. The lowest BCUT2D eigenvalue weighted by atomic mass is 9.99. The van der Waals surface area contributed by atoms with Gasteiger partial charge in [0.25, 0.3) is 0 Å². The molecule has 2 unspecified atom stereocenters. The first-order valence-corrected chi connectivity index (χ1v) is 7.15. The molecular weight excluding hydrogens is 268 g/mol. The second-order valence-electron chi connectivity index (χ2n) is 5.15. The van der Waals surface area contributed by atoms with Crippen LogP contribution in [0.4, 0.5) is 5.69 Å². The zero-order valence-electron chi connectivity index (χ0n) is 13.1. The Kier molecular flexibility index (Phi) is 6.88. The van der Waals surface area contributed by atoms with Crippen molar-refractivity contribution < 1.29 is 14.3 Å². The SMILES string of the molecule is CCC(C)C(NCc1ccc(NC(C)=O)cc1)C(=O)OC. The zero-order chi connectivity index (χ0) is 15.8. The summed E-state index contributed by atoms with van der Waals surface area (Å²) in [6.07, 6.45) is 0.897. The van der Waals surface area contributed by atoms with Gasteiger partial charge in [-0.25, -0.2) is 0 Å². The van der Waals surface area contributed by atoms with Crippen molar-refractivity contribution in [3.05, 3.63) is 29.8 Å². The third-order valence-corrected chi connectivity index (χ3v) is 3.47. The minimum atomic E-state index is -0.310. The molecule has 0 aliphatic carbocycles. The molecule has 1 rings (SSSR count). The molecule has 1 aromatic rings. The molecule has 2 N–H and O–H groups in total. The number of esters is 1. The molecule has 116 valence electrons. The number of anilines is 1. The van der Waals surface area contributed by atoms with E-state index in [2.05, 4.69) is 10.6 Å². The summed E-state index contributed by atoms with van der Waals surface area (Å²) >= 11 is 0. The van der Waals surface area contributed by atoms with Gasteiger partial charge in [0.05, 0.1) is 7.11 Å². The quantitative estimate of drug-likeness (QED) is 0.757. The number of amides is 1. The molecule has 0 bridgehead atoms. The summed E-state index contributed by atoms with van der Waals surface area (Å²) in [5.41, 5.74) is 1.80. The average molecular weight is 292 g/mol. The van der Waals surface area contributed by atoms with Crippen LogP contribution in [-0.4, -0.2) is 25.0 Å². The van der Waals surface area contributed by atoms with Crippen LogP contribution >= 0.6 is 0 Å². The maximum Gasteiger partial charge on any atom is 0.323 e. The smallest absolute Gasteiger partial charge is 0.323 e. The fraction of sp³-hybridized carbons (Fsp3) is 0.500. The third-order valence-electron chi connectivity index (χ3n) is 3.47. The molecule has 0 aliphatic heterocycles. The summed E-state index contributed by atoms with van der Waals surface area (Å²) in [6, 6.07) is 7.21. The molecule has 0 fully saturated rings. The van der Waals surface area contributed by atoms with Crippen LogP contribution in [0, 0.1) is 5.92 Å². The van der Waals surface area contributed by atoms with Gasteiger partial charge in [0.2, 0.25) is 5.91 Å². The number of nitrogens with one attached hydrogen (secondary N) is 2. The highest BCUT2D eigenvalue weighted by atomic mass is 16.5. The maximum absolute atomic E-state index is 11.8. The van der Waals surface area contributed by atoms with Gasteiger partial charge < -0.3 is 15.4 Å². The van der Waals surface area contributed by atoms with Crippen molar-refractivity contribution in [2.75, 3.05) is 12.4 Å². The first-order chi connectivity index (χ1) is 9.97. The summed E-state index contributed by atoms with van der Waals surface area (Å²) < 4.78 is 4.84. The van der Waals surface area contributed by atoms with Gasteiger partial charge in [0.15, 0.2) is 0 Å². The number of carbonyl (C=O) groups excluding carboxylic acids is 2. The minimum Gasteiger partial charge on any atom is -0.468 e. The Balaban J connectivity index is 2.63. The first-order valence-electron chi connectivity index (χ1n) is 7.15. The number of hydrogen-bond donors (Lipinski definition) is 2. The van der Waals surface area contributed by atoms with Crippen LogP contribution in [0.2, 0.25) is 0 Å². The highest BCUT2D eigenvalue weighted by molar-refractivity contribution is 5.88. The summed E-state index contributed by atoms with van der Waals surface area (Å²) in [5, 5.41) is 5.95. The van der Waals surface area contributed by atoms with Crippen molar-refractivity contribution in [2.24, 2.45) is 5.92 Å². The molecule has 2 atom stereocenters. The van der Waals surface area contributed by atoms with Crippen LogP contribution in [0.1, 0.15) is 32.8 Å². The summed E-state index contributed by atoms with van der Waals surface area (Å²) in [7, 11) is 1.40. The Morgan fingerprint density at radius 2 is 1.86 bits per heavy atom. The van der Waals surface area contributed by atoms with Crippen molar-refractivity contribution in [3.63, 3.8) is 0 Å².